The van der Waals surface area contributed by atoms with Crippen LogP contribution in [0.1, 0.15) is 5.56 Å². The first-order valence-corrected chi connectivity index (χ1v) is 9.63. The number of nitrogens with one attached hydrogen (secondary N) is 1. The fraction of sp³-hybridized carbons (Fsp3) is 0.0870. The minimum atomic E-state index is -0.0659. The summed E-state index contributed by atoms with van der Waals surface area (Å²) in [4.78, 5) is 12.6. The normalized spacial score (nSPS) is 10.8. The molecule has 0 unspecified atom stereocenters. The van der Waals surface area contributed by atoms with Crippen LogP contribution in [0.5, 0.6) is 5.75 Å². The smallest absolute Gasteiger partial charge is 0.193 e. The number of anilines is 1. The van der Waals surface area contributed by atoms with Gasteiger partial charge in [0.25, 0.3) is 0 Å². The summed E-state index contributed by atoms with van der Waals surface area (Å²) in [5.74, 6) is 1.38. The summed E-state index contributed by atoms with van der Waals surface area (Å²) in [5, 5.41) is 3.89. The number of halogens is 1. The molecule has 1 heterocycles. The molecule has 1 N–H and O–H groups in total. The molecule has 5 heteroatoms. The third-order valence-electron chi connectivity index (χ3n) is 4.51. The van der Waals surface area contributed by atoms with Gasteiger partial charge in [0.1, 0.15) is 17.1 Å². The van der Waals surface area contributed by atoms with Crippen molar-refractivity contribution < 1.29 is 9.15 Å². The molecule has 0 radical (unpaired) electrons. The molecule has 3 aromatic carbocycles. The van der Waals surface area contributed by atoms with Crippen LogP contribution in [0.3, 0.4) is 0 Å². The van der Waals surface area contributed by atoms with E-state index >= 15 is 0 Å². The standard InChI is InChI=1S/C23H18BrNO3/c1-27-21-9-7-17(24)11-16(21)14-25-18-8-10-22-19(12-18)20(26)13-23(28-22)15-5-3-2-4-6-15/h2-13,25H,14H2,1H3. The van der Waals surface area contributed by atoms with Crippen molar-refractivity contribution in [2.24, 2.45) is 0 Å². The molecular formula is C23H18BrNO3. The van der Waals surface area contributed by atoms with Crippen molar-refractivity contribution >= 4 is 32.6 Å². The van der Waals surface area contributed by atoms with Crippen molar-refractivity contribution in [2.45, 2.75) is 6.54 Å². The molecule has 4 rings (SSSR count). The Morgan fingerprint density at radius 2 is 1.82 bits per heavy atom. The van der Waals surface area contributed by atoms with Gasteiger partial charge in [-0.15, -0.1) is 0 Å². The SMILES string of the molecule is COc1ccc(Br)cc1CNc1ccc2oc(-c3ccccc3)cc(=O)c2c1. The second-order valence-electron chi connectivity index (χ2n) is 6.36. The van der Waals surface area contributed by atoms with Crippen molar-refractivity contribution in [3.8, 4) is 17.1 Å². The third kappa shape index (κ3) is 3.80. The minimum Gasteiger partial charge on any atom is -0.496 e. The maximum absolute atomic E-state index is 12.6. The van der Waals surface area contributed by atoms with Crippen LogP contribution in [0.2, 0.25) is 0 Å². The number of hydrogen-bond donors (Lipinski definition) is 1. The number of methoxy groups -OCH3 is 1. The van der Waals surface area contributed by atoms with Gasteiger partial charge in [-0.1, -0.05) is 46.3 Å². The Labute approximate surface area is 170 Å². The van der Waals surface area contributed by atoms with E-state index in [-0.39, 0.29) is 5.43 Å². The van der Waals surface area contributed by atoms with E-state index in [2.05, 4.69) is 21.2 Å². The second kappa shape index (κ2) is 7.90. The van der Waals surface area contributed by atoms with Gasteiger partial charge in [-0.25, -0.2) is 0 Å². The van der Waals surface area contributed by atoms with Gasteiger partial charge >= 0.3 is 0 Å². The van der Waals surface area contributed by atoms with Crippen LogP contribution >= 0.6 is 15.9 Å². The predicted octanol–water partition coefficient (Wildman–Crippen LogP) is 5.84. The zero-order chi connectivity index (χ0) is 19.5. The average molecular weight is 436 g/mol. The summed E-state index contributed by atoms with van der Waals surface area (Å²) in [6.45, 7) is 0.571. The van der Waals surface area contributed by atoms with Crippen molar-refractivity contribution in [3.05, 3.63) is 93.1 Å². The second-order valence-corrected chi connectivity index (χ2v) is 7.28. The minimum absolute atomic E-state index is 0.0659. The zero-order valence-corrected chi connectivity index (χ0v) is 16.8. The molecule has 0 saturated carbocycles. The van der Waals surface area contributed by atoms with Crippen LogP contribution < -0.4 is 15.5 Å². The number of fused-ring (bicyclic) bond motifs is 1. The third-order valence-corrected chi connectivity index (χ3v) is 5.00. The van der Waals surface area contributed by atoms with Crippen LogP contribution in [0, 0.1) is 0 Å². The molecule has 28 heavy (non-hydrogen) atoms. The lowest BCUT2D eigenvalue weighted by molar-refractivity contribution is 0.410. The summed E-state index contributed by atoms with van der Waals surface area (Å²) in [6.07, 6.45) is 0. The van der Waals surface area contributed by atoms with E-state index in [1.54, 1.807) is 13.2 Å². The summed E-state index contributed by atoms with van der Waals surface area (Å²) >= 11 is 3.48. The van der Waals surface area contributed by atoms with Gasteiger partial charge in [0.2, 0.25) is 0 Å². The largest absolute Gasteiger partial charge is 0.496 e. The van der Waals surface area contributed by atoms with Crippen LogP contribution in [-0.2, 0) is 6.54 Å². The Morgan fingerprint density at radius 1 is 1.00 bits per heavy atom. The van der Waals surface area contributed by atoms with E-state index in [1.165, 1.54) is 0 Å². The monoisotopic (exact) mass is 435 g/mol. The highest BCUT2D eigenvalue weighted by molar-refractivity contribution is 9.10. The molecule has 0 fully saturated rings. The van der Waals surface area contributed by atoms with E-state index in [0.29, 0.717) is 23.3 Å². The summed E-state index contributed by atoms with van der Waals surface area (Å²) in [6, 6.07) is 22.6. The van der Waals surface area contributed by atoms with Crippen LogP contribution in [-0.4, -0.2) is 7.11 Å². The van der Waals surface area contributed by atoms with Crippen molar-refractivity contribution in [1.29, 1.82) is 0 Å². The van der Waals surface area contributed by atoms with E-state index in [4.69, 9.17) is 9.15 Å². The molecule has 0 saturated heterocycles. The van der Waals surface area contributed by atoms with Gasteiger partial charge in [0.05, 0.1) is 12.5 Å². The molecule has 0 bridgehead atoms. The average Bonchev–Trinajstić information content (AvgIpc) is 2.73. The lowest BCUT2D eigenvalue weighted by Gasteiger charge is -2.12. The molecule has 140 valence electrons. The molecule has 4 nitrogen and oxygen atoms in total. The van der Waals surface area contributed by atoms with E-state index in [1.807, 2.05) is 66.7 Å². The van der Waals surface area contributed by atoms with Crippen LogP contribution in [0.25, 0.3) is 22.3 Å². The van der Waals surface area contributed by atoms with E-state index in [9.17, 15) is 4.79 Å². The molecular weight excluding hydrogens is 418 g/mol. The summed E-state index contributed by atoms with van der Waals surface area (Å²) in [5.41, 5.74) is 3.24. The Kier molecular flexibility index (Phi) is 5.17. The molecule has 0 amide bonds. The Bertz CT molecular complexity index is 1190. The van der Waals surface area contributed by atoms with E-state index in [0.717, 1.165) is 27.0 Å². The number of benzene rings is 3. The lowest BCUT2D eigenvalue weighted by atomic mass is 10.1. The predicted molar refractivity (Wildman–Crippen MR) is 116 cm³/mol. The van der Waals surface area contributed by atoms with E-state index < -0.39 is 0 Å². The Morgan fingerprint density at radius 3 is 2.61 bits per heavy atom. The maximum Gasteiger partial charge on any atom is 0.193 e. The van der Waals surface area contributed by atoms with Gasteiger partial charge in [0.15, 0.2) is 5.43 Å². The van der Waals surface area contributed by atoms with Gasteiger partial charge in [0, 0.05) is 33.9 Å². The first kappa shape index (κ1) is 18.3. The number of hydrogen-bond acceptors (Lipinski definition) is 4. The first-order valence-electron chi connectivity index (χ1n) is 8.83. The first-order chi connectivity index (χ1) is 13.6. The highest BCUT2D eigenvalue weighted by Gasteiger charge is 2.09. The maximum atomic E-state index is 12.6. The van der Waals surface area contributed by atoms with Gasteiger partial charge in [-0.3, -0.25) is 4.79 Å². The fourth-order valence-electron chi connectivity index (χ4n) is 3.09. The molecule has 0 aliphatic heterocycles. The fourth-order valence-corrected chi connectivity index (χ4v) is 3.50. The van der Waals surface area contributed by atoms with Crippen molar-refractivity contribution in [3.63, 3.8) is 0 Å². The Balaban J connectivity index is 1.63. The van der Waals surface area contributed by atoms with Gasteiger partial charge in [-0.05, 0) is 36.4 Å². The molecule has 0 spiro atoms. The highest BCUT2D eigenvalue weighted by Crippen LogP contribution is 2.26. The molecule has 4 aromatic rings. The topological polar surface area (TPSA) is 51.5 Å². The molecule has 1 aromatic heterocycles. The van der Waals surface area contributed by atoms with Crippen molar-refractivity contribution in [1.82, 2.24) is 0 Å². The number of rotatable bonds is 5. The van der Waals surface area contributed by atoms with Crippen LogP contribution in [0.4, 0.5) is 5.69 Å². The summed E-state index contributed by atoms with van der Waals surface area (Å²) in [7, 11) is 1.65. The lowest BCUT2D eigenvalue weighted by Crippen LogP contribution is -2.04. The van der Waals surface area contributed by atoms with Gasteiger partial charge in [-0.2, -0.15) is 0 Å². The molecule has 0 aliphatic carbocycles. The van der Waals surface area contributed by atoms with Crippen molar-refractivity contribution in [2.75, 3.05) is 12.4 Å². The highest BCUT2D eigenvalue weighted by atomic mass is 79.9. The van der Waals surface area contributed by atoms with Crippen LogP contribution in [0.15, 0.2) is 86.5 Å². The summed E-state index contributed by atoms with van der Waals surface area (Å²) < 4.78 is 12.3. The zero-order valence-electron chi connectivity index (χ0n) is 15.2. The quantitative estimate of drug-likeness (QED) is 0.427. The molecule has 0 atom stereocenters. The number of ether oxygens (including phenoxy) is 1. The Hall–Kier alpha value is -3.05. The van der Waals surface area contributed by atoms with Gasteiger partial charge < -0.3 is 14.5 Å². The molecule has 0 aliphatic rings.